The third kappa shape index (κ3) is 3.99. The number of benzene rings is 1. The molecular formula is C27H34N4O4. The van der Waals surface area contributed by atoms with Crippen molar-refractivity contribution >= 4 is 5.91 Å². The lowest BCUT2D eigenvalue weighted by Crippen LogP contribution is -2.55. The van der Waals surface area contributed by atoms with E-state index in [-0.39, 0.29) is 12.0 Å². The Hall–Kier alpha value is -3.26. The zero-order valence-corrected chi connectivity index (χ0v) is 21.4. The van der Waals surface area contributed by atoms with Crippen LogP contribution in [-0.2, 0) is 24.6 Å². The molecule has 3 aromatic rings. The summed E-state index contributed by atoms with van der Waals surface area (Å²) in [6, 6.07) is 8.11. The van der Waals surface area contributed by atoms with E-state index in [9.17, 15) is 4.79 Å². The number of amides is 1. The van der Waals surface area contributed by atoms with Gasteiger partial charge in [-0.1, -0.05) is 0 Å². The van der Waals surface area contributed by atoms with Crippen LogP contribution in [0.5, 0.6) is 11.5 Å². The molecule has 0 bridgehead atoms. The number of aromatic nitrogens is 3. The van der Waals surface area contributed by atoms with E-state index in [1.165, 1.54) is 0 Å². The molecule has 0 aliphatic carbocycles. The number of aryl methyl sites for hydroxylation is 2. The summed E-state index contributed by atoms with van der Waals surface area (Å²) >= 11 is 0. The van der Waals surface area contributed by atoms with E-state index in [0.29, 0.717) is 43.4 Å². The highest BCUT2D eigenvalue weighted by molar-refractivity contribution is 5.95. The normalized spacial score (nSPS) is 16.7. The van der Waals surface area contributed by atoms with Gasteiger partial charge in [-0.3, -0.25) is 9.36 Å². The summed E-state index contributed by atoms with van der Waals surface area (Å²) in [5, 5.41) is 0. The first-order valence-corrected chi connectivity index (χ1v) is 12.2. The first kappa shape index (κ1) is 23.5. The van der Waals surface area contributed by atoms with Gasteiger partial charge in [-0.05, 0) is 64.3 Å². The van der Waals surface area contributed by atoms with Crippen LogP contribution >= 0.6 is 0 Å². The van der Waals surface area contributed by atoms with Gasteiger partial charge in [0.2, 0.25) is 0 Å². The summed E-state index contributed by atoms with van der Waals surface area (Å²) in [6.45, 7) is 9.68. The fraction of sp³-hybridized carbons (Fsp3) is 0.481. The Balaban J connectivity index is 1.71. The van der Waals surface area contributed by atoms with Gasteiger partial charge < -0.3 is 23.7 Å². The molecule has 0 N–H and O–H groups in total. The first-order chi connectivity index (χ1) is 16.7. The summed E-state index contributed by atoms with van der Waals surface area (Å²) in [5.74, 6) is 2.11. The predicted molar refractivity (Wildman–Crippen MR) is 134 cm³/mol. The Kier molecular flexibility index (Phi) is 5.87. The van der Waals surface area contributed by atoms with E-state index < -0.39 is 5.54 Å². The Morgan fingerprint density at radius 3 is 2.66 bits per heavy atom. The molecule has 1 fully saturated rings. The maximum Gasteiger partial charge on any atom is 0.274 e. The van der Waals surface area contributed by atoms with Gasteiger partial charge in [0.1, 0.15) is 0 Å². The van der Waals surface area contributed by atoms with Gasteiger partial charge in [0, 0.05) is 25.9 Å². The van der Waals surface area contributed by atoms with E-state index in [1.807, 2.05) is 68.6 Å². The van der Waals surface area contributed by atoms with Crippen molar-refractivity contribution in [1.82, 2.24) is 19.0 Å². The van der Waals surface area contributed by atoms with Gasteiger partial charge in [0.05, 0.1) is 49.0 Å². The van der Waals surface area contributed by atoms with Crippen molar-refractivity contribution in [3.8, 4) is 28.7 Å². The molecule has 0 saturated carbocycles. The summed E-state index contributed by atoms with van der Waals surface area (Å²) in [6.07, 6.45) is 3.50. The zero-order chi connectivity index (χ0) is 24.9. The molecule has 5 rings (SSSR count). The number of carbonyl (C=O) groups excluding carboxylic acids is 1. The van der Waals surface area contributed by atoms with Crippen LogP contribution in [-0.4, -0.2) is 63.4 Å². The van der Waals surface area contributed by atoms with Gasteiger partial charge >= 0.3 is 0 Å². The molecule has 4 heterocycles. The molecule has 0 spiro atoms. The van der Waals surface area contributed by atoms with Crippen LogP contribution in [0.3, 0.4) is 0 Å². The second kappa shape index (κ2) is 8.75. The Bertz CT molecular complexity index is 1270. The molecule has 2 aromatic heterocycles. The van der Waals surface area contributed by atoms with Crippen molar-refractivity contribution in [1.29, 1.82) is 0 Å². The van der Waals surface area contributed by atoms with Crippen LogP contribution < -0.4 is 9.47 Å². The van der Waals surface area contributed by atoms with Crippen LogP contribution in [0.4, 0.5) is 0 Å². The molecule has 8 heteroatoms. The number of imidazole rings is 1. The van der Waals surface area contributed by atoms with Gasteiger partial charge in [-0.25, -0.2) is 4.98 Å². The van der Waals surface area contributed by atoms with Crippen molar-refractivity contribution in [2.75, 3.05) is 26.9 Å². The quantitative estimate of drug-likeness (QED) is 0.554. The lowest BCUT2D eigenvalue weighted by molar-refractivity contribution is -0.0373. The number of fused-ring (bicyclic) bond motifs is 3. The fourth-order valence-corrected chi connectivity index (χ4v) is 5.10. The highest BCUT2D eigenvalue weighted by Gasteiger charge is 2.38. The van der Waals surface area contributed by atoms with Gasteiger partial charge in [0.25, 0.3) is 5.91 Å². The number of hydrogen-bond donors (Lipinski definition) is 0. The molecule has 1 amide bonds. The number of morpholine rings is 1. The lowest BCUT2D eigenvalue weighted by Gasteiger charge is -2.41. The zero-order valence-electron chi connectivity index (χ0n) is 21.4. The average molecular weight is 479 g/mol. The number of hydrogen-bond acceptors (Lipinski definition) is 5. The number of rotatable bonds is 5. The average Bonchev–Trinajstić information content (AvgIpc) is 3.40. The molecule has 8 nitrogen and oxygen atoms in total. The molecular weight excluding hydrogens is 444 g/mol. The lowest BCUT2D eigenvalue weighted by atomic mass is 9.98. The van der Waals surface area contributed by atoms with Gasteiger partial charge in [0.15, 0.2) is 23.0 Å². The van der Waals surface area contributed by atoms with Crippen LogP contribution in [0.15, 0.2) is 30.5 Å². The van der Waals surface area contributed by atoms with Crippen molar-refractivity contribution in [3.05, 3.63) is 47.4 Å². The number of carbonyl (C=O) groups is 1. The Morgan fingerprint density at radius 2 is 2.00 bits per heavy atom. The summed E-state index contributed by atoms with van der Waals surface area (Å²) < 4.78 is 21.6. The summed E-state index contributed by atoms with van der Waals surface area (Å²) in [4.78, 5) is 20.8. The van der Waals surface area contributed by atoms with Crippen LogP contribution in [0.25, 0.3) is 17.2 Å². The molecule has 1 aromatic carbocycles. The second-order valence-corrected chi connectivity index (χ2v) is 10.2. The third-order valence-corrected chi connectivity index (χ3v) is 6.84. The second-order valence-electron chi connectivity index (χ2n) is 10.2. The Morgan fingerprint density at radius 1 is 1.20 bits per heavy atom. The number of ether oxygens (including phenoxy) is 3. The fourth-order valence-electron chi connectivity index (χ4n) is 5.10. The molecule has 1 saturated heterocycles. The maximum absolute atomic E-state index is 13.9. The number of nitrogens with zero attached hydrogens (tertiary/aromatic N) is 4. The molecule has 0 unspecified atom stereocenters. The molecule has 2 aliphatic heterocycles. The smallest absolute Gasteiger partial charge is 0.274 e. The minimum atomic E-state index is -0.394. The minimum absolute atomic E-state index is 0.000771. The molecule has 0 radical (unpaired) electrons. The van der Waals surface area contributed by atoms with Crippen molar-refractivity contribution in [2.24, 2.45) is 7.05 Å². The van der Waals surface area contributed by atoms with Gasteiger partial charge in [-0.15, -0.1) is 0 Å². The van der Waals surface area contributed by atoms with E-state index in [1.54, 1.807) is 7.11 Å². The van der Waals surface area contributed by atoms with Crippen LogP contribution in [0, 0.1) is 0 Å². The maximum atomic E-state index is 13.9. The first-order valence-electron chi connectivity index (χ1n) is 12.2. The molecule has 35 heavy (non-hydrogen) atoms. The summed E-state index contributed by atoms with van der Waals surface area (Å²) in [5.41, 5.74) is 4.12. The van der Waals surface area contributed by atoms with Crippen molar-refractivity contribution in [3.63, 3.8) is 0 Å². The van der Waals surface area contributed by atoms with Crippen molar-refractivity contribution in [2.45, 2.75) is 52.2 Å². The van der Waals surface area contributed by atoms with Gasteiger partial charge in [-0.2, -0.15) is 0 Å². The summed E-state index contributed by atoms with van der Waals surface area (Å²) in [7, 11) is 3.66. The number of methoxy groups -OCH3 is 1. The van der Waals surface area contributed by atoms with E-state index in [0.717, 1.165) is 34.9 Å². The highest BCUT2D eigenvalue weighted by Crippen LogP contribution is 2.40. The largest absolute Gasteiger partial charge is 0.493 e. The van der Waals surface area contributed by atoms with Crippen molar-refractivity contribution < 1.29 is 19.0 Å². The topological polar surface area (TPSA) is 70.8 Å². The SMILES string of the molecule is COc1cc2c(cc1OC(C)C)-n1c(-c3cccn3C)nc(C(=O)N3CCOCC3(C)C)c1CC2. The highest BCUT2D eigenvalue weighted by atomic mass is 16.5. The third-order valence-electron chi connectivity index (χ3n) is 6.84. The van der Waals surface area contributed by atoms with E-state index >= 15 is 0 Å². The predicted octanol–water partition coefficient (Wildman–Crippen LogP) is 4.02. The standard InChI is InChI=1S/C27H34N4O4/c1-17(2)35-23-15-21-18(14-22(23)33-6)9-10-19-24(26(32)30-12-13-34-16-27(30,3)4)28-25(31(19)21)20-8-7-11-29(20)5/h7-8,11,14-15,17H,9-10,12-13,16H2,1-6H3. The Labute approximate surface area is 206 Å². The monoisotopic (exact) mass is 478 g/mol. The van der Waals surface area contributed by atoms with Crippen LogP contribution in [0.2, 0.25) is 0 Å². The van der Waals surface area contributed by atoms with E-state index in [4.69, 9.17) is 19.2 Å². The van der Waals surface area contributed by atoms with E-state index in [2.05, 4.69) is 10.6 Å². The minimum Gasteiger partial charge on any atom is -0.493 e. The van der Waals surface area contributed by atoms with Crippen LogP contribution in [0.1, 0.15) is 49.4 Å². The molecule has 186 valence electrons. The molecule has 0 atom stereocenters. The molecule has 2 aliphatic rings.